The van der Waals surface area contributed by atoms with Crippen molar-refractivity contribution >= 4 is 0 Å². The minimum atomic E-state index is 0.712. The van der Waals surface area contributed by atoms with Crippen LogP contribution in [0.5, 0.6) is 0 Å². The standard InChI is InChI=1S/2C22H44N4/c1-19(2)25-11-7-22(8-12-25)21-5-9-23(10-6-21)13-14-24-15-17-26(18-16-24)20(3)4;1-19(2)21-5-9-23(10-6-21)13-14-24-11-7-22(8-12-24)26-17-15-25(16-18-26)20(3)4/h2*19-22H,5-18H2,1-4H3. The number of piperazine rings is 2. The molecule has 0 spiro atoms. The van der Waals surface area contributed by atoms with Crippen molar-refractivity contribution in [2.24, 2.45) is 23.7 Å². The van der Waals surface area contributed by atoms with Crippen LogP contribution in [0.4, 0.5) is 0 Å². The molecule has 0 aliphatic carbocycles. The lowest BCUT2D eigenvalue weighted by molar-refractivity contribution is 0.0452. The Bertz CT molecular complexity index is 850. The van der Waals surface area contributed by atoms with Gasteiger partial charge in [0.1, 0.15) is 0 Å². The van der Waals surface area contributed by atoms with Gasteiger partial charge in [-0.25, -0.2) is 0 Å². The van der Waals surface area contributed by atoms with Gasteiger partial charge in [0.15, 0.2) is 0 Å². The molecule has 6 heterocycles. The normalized spacial score (nSPS) is 27.0. The summed E-state index contributed by atoms with van der Waals surface area (Å²) in [4.78, 5) is 21.6. The van der Waals surface area contributed by atoms with Gasteiger partial charge in [-0.1, -0.05) is 13.8 Å². The molecule has 8 heteroatoms. The first-order valence-corrected chi connectivity index (χ1v) is 22.9. The zero-order valence-electron chi connectivity index (χ0n) is 36.0. The number of hydrogen-bond donors (Lipinski definition) is 0. The monoisotopic (exact) mass is 729 g/mol. The van der Waals surface area contributed by atoms with Gasteiger partial charge in [-0.05, 0) is 169 Å². The molecule has 0 radical (unpaired) electrons. The average Bonchev–Trinajstić information content (AvgIpc) is 3.17. The van der Waals surface area contributed by atoms with E-state index >= 15 is 0 Å². The van der Waals surface area contributed by atoms with Gasteiger partial charge < -0.3 is 19.6 Å². The Labute approximate surface area is 323 Å². The highest BCUT2D eigenvalue weighted by atomic mass is 15.3. The maximum atomic E-state index is 2.78. The van der Waals surface area contributed by atoms with E-state index in [0.29, 0.717) is 12.1 Å². The molecule has 0 bridgehead atoms. The summed E-state index contributed by atoms with van der Waals surface area (Å²) in [5.74, 6) is 3.86. The van der Waals surface area contributed by atoms with Crippen molar-refractivity contribution in [3.8, 4) is 0 Å². The third-order valence-corrected chi connectivity index (χ3v) is 14.9. The van der Waals surface area contributed by atoms with Crippen LogP contribution in [-0.2, 0) is 0 Å². The molecule has 304 valence electrons. The van der Waals surface area contributed by atoms with Crippen LogP contribution in [0.25, 0.3) is 0 Å². The molecule has 6 aliphatic heterocycles. The molecule has 0 atom stereocenters. The Morgan fingerprint density at radius 2 is 0.673 bits per heavy atom. The number of nitrogens with zero attached hydrogens (tertiary/aromatic N) is 8. The van der Waals surface area contributed by atoms with E-state index in [9.17, 15) is 0 Å². The third-order valence-electron chi connectivity index (χ3n) is 14.9. The summed E-state index contributed by atoms with van der Waals surface area (Å²) in [6.45, 7) is 44.8. The topological polar surface area (TPSA) is 25.9 Å². The summed E-state index contributed by atoms with van der Waals surface area (Å²) in [5, 5.41) is 0. The number of likely N-dealkylation sites (tertiary alicyclic amines) is 4. The van der Waals surface area contributed by atoms with Crippen LogP contribution >= 0.6 is 0 Å². The van der Waals surface area contributed by atoms with Crippen LogP contribution in [0.3, 0.4) is 0 Å². The van der Waals surface area contributed by atoms with E-state index in [2.05, 4.69) is 94.6 Å². The molecule has 0 saturated carbocycles. The SMILES string of the molecule is CC(C)C1CCN(CCN2CCC(N3CCN(C(C)C)CC3)CC2)CC1.CC(C)N1CCC(C2CCN(CCN3CCN(C(C)C)CC3)CC2)CC1. The van der Waals surface area contributed by atoms with E-state index in [-0.39, 0.29) is 0 Å². The van der Waals surface area contributed by atoms with Crippen LogP contribution in [0, 0.1) is 23.7 Å². The molecule has 0 amide bonds. The highest BCUT2D eigenvalue weighted by Crippen LogP contribution is 2.33. The van der Waals surface area contributed by atoms with Crippen LogP contribution < -0.4 is 0 Å². The van der Waals surface area contributed by atoms with Crippen molar-refractivity contribution in [3.63, 3.8) is 0 Å². The first-order chi connectivity index (χ1) is 25.0. The molecule has 6 saturated heterocycles. The van der Waals surface area contributed by atoms with E-state index in [4.69, 9.17) is 0 Å². The number of rotatable bonds is 12. The lowest BCUT2D eigenvalue weighted by Gasteiger charge is -2.44. The molecule has 0 aromatic heterocycles. The van der Waals surface area contributed by atoms with E-state index in [1.165, 1.54) is 182 Å². The van der Waals surface area contributed by atoms with Crippen LogP contribution in [0.2, 0.25) is 0 Å². The Morgan fingerprint density at radius 1 is 0.346 bits per heavy atom. The van der Waals surface area contributed by atoms with Gasteiger partial charge in [0, 0.05) is 103 Å². The minimum Gasteiger partial charge on any atom is -0.302 e. The molecule has 6 rings (SSSR count). The molecular formula is C44H88N8. The van der Waals surface area contributed by atoms with Gasteiger partial charge in [-0.15, -0.1) is 0 Å². The molecule has 0 aromatic rings. The predicted octanol–water partition coefficient (Wildman–Crippen LogP) is 5.69. The van der Waals surface area contributed by atoms with Gasteiger partial charge in [0.05, 0.1) is 0 Å². The van der Waals surface area contributed by atoms with Crippen molar-refractivity contribution in [3.05, 3.63) is 0 Å². The zero-order valence-corrected chi connectivity index (χ0v) is 36.0. The van der Waals surface area contributed by atoms with Crippen LogP contribution in [0.1, 0.15) is 107 Å². The largest absolute Gasteiger partial charge is 0.302 e. The van der Waals surface area contributed by atoms with Crippen molar-refractivity contribution in [1.29, 1.82) is 0 Å². The van der Waals surface area contributed by atoms with E-state index < -0.39 is 0 Å². The zero-order chi connectivity index (χ0) is 37.0. The maximum Gasteiger partial charge on any atom is 0.0121 e. The Balaban J connectivity index is 0.000000201. The average molecular weight is 729 g/mol. The highest BCUT2D eigenvalue weighted by molar-refractivity contribution is 4.86. The van der Waals surface area contributed by atoms with E-state index in [1.54, 1.807) is 0 Å². The highest BCUT2D eigenvalue weighted by Gasteiger charge is 2.31. The second-order valence-corrected chi connectivity index (χ2v) is 19.3. The summed E-state index contributed by atoms with van der Waals surface area (Å²) in [6, 6.07) is 3.01. The maximum absolute atomic E-state index is 2.78. The minimum absolute atomic E-state index is 0.712. The fraction of sp³-hybridized carbons (Fsp3) is 1.00. The number of hydrogen-bond acceptors (Lipinski definition) is 8. The molecule has 52 heavy (non-hydrogen) atoms. The molecular weight excluding hydrogens is 641 g/mol. The fourth-order valence-corrected chi connectivity index (χ4v) is 10.6. The molecule has 0 aromatic carbocycles. The van der Waals surface area contributed by atoms with Crippen molar-refractivity contribution < 1.29 is 0 Å². The van der Waals surface area contributed by atoms with E-state index in [1.807, 2.05) is 0 Å². The molecule has 6 aliphatic rings. The fourth-order valence-electron chi connectivity index (χ4n) is 10.6. The van der Waals surface area contributed by atoms with Crippen molar-refractivity contribution in [1.82, 2.24) is 39.2 Å². The second kappa shape index (κ2) is 21.8. The molecule has 0 unspecified atom stereocenters. The van der Waals surface area contributed by atoms with Crippen molar-refractivity contribution in [2.75, 3.05) is 131 Å². The summed E-state index contributed by atoms with van der Waals surface area (Å²) in [7, 11) is 0. The summed E-state index contributed by atoms with van der Waals surface area (Å²) in [6.07, 6.45) is 11.4. The van der Waals surface area contributed by atoms with Gasteiger partial charge in [-0.3, -0.25) is 19.6 Å². The van der Waals surface area contributed by atoms with Crippen molar-refractivity contribution in [2.45, 2.75) is 131 Å². The van der Waals surface area contributed by atoms with Gasteiger partial charge >= 0.3 is 0 Å². The summed E-state index contributed by atoms with van der Waals surface area (Å²) < 4.78 is 0. The smallest absolute Gasteiger partial charge is 0.0121 e. The van der Waals surface area contributed by atoms with Gasteiger partial charge in [0.25, 0.3) is 0 Å². The molecule has 8 nitrogen and oxygen atoms in total. The first kappa shape index (κ1) is 42.8. The first-order valence-electron chi connectivity index (χ1n) is 22.9. The second-order valence-electron chi connectivity index (χ2n) is 19.3. The van der Waals surface area contributed by atoms with E-state index in [0.717, 1.165) is 35.8 Å². The van der Waals surface area contributed by atoms with Crippen LogP contribution in [0.15, 0.2) is 0 Å². The summed E-state index contributed by atoms with van der Waals surface area (Å²) >= 11 is 0. The molecule has 0 N–H and O–H groups in total. The third kappa shape index (κ3) is 13.4. The Morgan fingerprint density at radius 3 is 1.08 bits per heavy atom. The quantitative estimate of drug-likeness (QED) is 0.253. The lowest BCUT2D eigenvalue weighted by atomic mass is 9.78. The van der Waals surface area contributed by atoms with Gasteiger partial charge in [-0.2, -0.15) is 0 Å². The molecule has 6 fully saturated rings. The summed E-state index contributed by atoms with van der Waals surface area (Å²) in [5.41, 5.74) is 0. The van der Waals surface area contributed by atoms with Crippen LogP contribution in [-0.4, -0.2) is 194 Å². The Kier molecular flexibility index (Phi) is 18.0. The lowest BCUT2D eigenvalue weighted by Crippen LogP contribution is -2.54. The predicted molar refractivity (Wildman–Crippen MR) is 223 cm³/mol. The number of piperidine rings is 4. The Hall–Kier alpha value is -0.320. The van der Waals surface area contributed by atoms with Gasteiger partial charge in [0.2, 0.25) is 0 Å².